The fourth-order valence-electron chi connectivity index (χ4n) is 5.77. The normalized spacial score (nSPS) is 27.1. The number of aliphatic hydroxyl groups excluding tert-OH is 1. The van der Waals surface area contributed by atoms with Gasteiger partial charge >= 0.3 is 5.97 Å². The first-order chi connectivity index (χ1) is 15.2. The van der Waals surface area contributed by atoms with E-state index in [1.54, 1.807) is 0 Å². The summed E-state index contributed by atoms with van der Waals surface area (Å²) in [4.78, 5) is 39.3. The van der Waals surface area contributed by atoms with Gasteiger partial charge in [-0.05, 0) is 75.2 Å². The van der Waals surface area contributed by atoms with E-state index < -0.39 is 30.6 Å². The van der Waals surface area contributed by atoms with Crippen molar-refractivity contribution in [3.8, 4) is 0 Å². The predicted molar refractivity (Wildman–Crippen MR) is 119 cm³/mol. The third kappa shape index (κ3) is 3.65. The van der Waals surface area contributed by atoms with E-state index in [2.05, 4.69) is 20.8 Å². The molecule has 4 rings (SSSR count). The highest BCUT2D eigenvalue weighted by molar-refractivity contribution is 6.07. The number of carbonyl (C=O) groups excluding carboxylic acids is 3. The van der Waals surface area contributed by atoms with Crippen LogP contribution in [0, 0.1) is 11.3 Å². The topological polar surface area (TPSA) is 110 Å². The average molecular weight is 443 g/mol. The summed E-state index contributed by atoms with van der Waals surface area (Å²) >= 11 is 0. The third-order valence-corrected chi connectivity index (χ3v) is 7.94. The molecule has 3 aliphatic carbocycles. The number of nitrogens with zero attached hydrogens (tertiary/aromatic N) is 1. The van der Waals surface area contributed by atoms with Gasteiger partial charge in [-0.15, -0.1) is 0 Å². The van der Waals surface area contributed by atoms with Gasteiger partial charge in [-0.2, -0.15) is 0 Å². The molecule has 1 amide bonds. The van der Waals surface area contributed by atoms with Crippen LogP contribution in [-0.2, 0) is 19.1 Å². The molecule has 1 heterocycles. The highest BCUT2D eigenvalue weighted by atomic mass is 16.5. The standard InChI is InChI=1S/C25H34N2O5/c1-14-12-18-21(15(2)25(8-9-25)16(3)22(18)29)17(14)6-5-11-32-24(31)20-7-4-10-27(20)23(30)19(26)13-28/h12,16,19-20,28H,4-11,13,26H2,1-3H3/t16-,19?,20+/m1/s1. The third-order valence-electron chi connectivity index (χ3n) is 7.94. The van der Waals surface area contributed by atoms with Gasteiger partial charge in [0.15, 0.2) is 5.78 Å². The van der Waals surface area contributed by atoms with Gasteiger partial charge in [0, 0.05) is 23.5 Å². The number of likely N-dealkylation sites (tertiary alicyclic amines) is 1. The summed E-state index contributed by atoms with van der Waals surface area (Å²) in [5, 5.41) is 9.14. The first-order valence-electron chi connectivity index (χ1n) is 11.7. The lowest BCUT2D eigenvalue weighted by Gasteiger charge is -2.32. The molecule has 2 fully saturated rings. The quantitative estimate of drug-likeness (QED) is 0.462. The lowest BCUT2D eigenvalue weighted by atomic mass is 9.70. The molecule has 7 heteroatoms. The predicted octanol–water partition coefficient (Wildman–Crippen LogP) is 2.19. The number of ketones is 1. The minimum atomic E-state index is -1.01. The fraction of sp³-hybridized carbons (Fsp3) is 0.640. The average Bonchev–Trinajstić information content (AvgIpc) is 3.31. The van der Waals surface area contributed by atoms with E-state index in [0.717, 1.165) is 36.0 Å². The number of fused-ring (bicyclic) bond motifs is 1. The molecule has 0 radical (unpaired) electrons. The van der Waals surface area contributed by atoms with Crippen LogP contribution in [0.5, 0.6) is 0 Å². The Bertz CT molecular complexity index is 940. The van der Waals surface area contributed by atoms with Gasteiger partial charge in [-0.3, -0.25) is 9.59 Å². The zero-order chi connectivity index (χ0) is 23.2. The summed E-state index contributed by atoms with van der Waals surface area (Å²) in [6.07, 6.45) is 6.86. The number of hydrogen-bond acceptors (Lipinski definition) is 6. The molecule has 7 nitrogen and oxygen atoms in total. The zero-order valence-electron chi connectivity index (χ0n) is 19.3. The molecule has 0 aromatic rings. The molecular weight excluding hydrogens is 408 g/mol. The molecule has 0 aromatic carbocycles. The highest BCUT2D eigenvalue weighted by Crippen LogP contribution is 2.63. The van der Waals surface area contributed by atoms with Crippen LogP contribution in [0.4, 0.5) is 0 Å². The SMILES string of the molecule is CC1=C(CCCOC(=O)[C@@H]2CCCN2C(=O)C(N)CO)C2=C(C)C3(CC3)[C@H](C)C(=O)C2=C1. The number of Topliss-reactive ketones (excluding diaryl/α,β-unsaturated/α-hetero) is 1. The lowest BCUT2D eigenvalue weighted by Crippen LogP contribution is -2.50. The maximum absolute atomic E-state index is 13.0. The van der Waals surface area contributed by atoms with Crippen LogP contribution in [0.15, 0.2) is 33.9 Å². The second-order valence-corrected chi connectivity index (χ2v) is 9.71. The fourth-order valence-corrected chi connectivity index (χ4v) is 5.77. The lowest BCUT2D eigenvalue weighted by molar-refractivity contribution is -0.154. The Morgan fingerprint density at radius 2 is 2.06 bits per heavy atom. The van der Waals surface area contributed by atoms with Crippen molar-refractivity contribution in [2.24, 2.45) is 17.1 Å². The largest absolute Gasteiger partial charge is 0.464 e. The van der Waals surface area contributed by atoms with Crippen molar-refractivity contribution in [1.82, 2.24) is 4.90 Å². The van der Waals surface area contributed by atoms with Gasteiger partial charge in [0.1, 0.15) is 12.1 Å². The molecule has 3 N–H and O–H groups in total. The number of amides is 1. The zero-order valence-corrected chi connectivity index (χ0v) is 19.3. The van der Waals surface area contributed by atoms with E-state index in [9.17, 15) is 14.4 Å². The van der Waals surface area contributed by atoms with E-state index in [0.29, 0.717) is 25.8 Å². The first-order valence-corrected chi connectivity index (χ1v) is 11.7. The smallest absolute Gasteiger partial charge is 0.328 e. The molecule has 0 aromatic heterocycles. The molecule has 3 atom stereocenters. The van der Waals surface area contributed by atoms with Gasteiger partial charge in [0.2, 0.25) is 5.91 Å². The monoisotopic (exact) mass is 442 g/mol. The summed E-state index contributed by atoms with van der Waals surface area (Å²) in [6, 6.07) is -1.63. The van der Waals surface area contributed by atoms with Crippen LogP contribution in [0.1, 0.15) is 59.3 Å². The van der Waals surface area contributed by atoms with E-state index in [4.69, 9.17) is 15.6 Å². The number of hydrogen-bond donors (Lipinski definition) is 2. The molecule has 32 heavy (non-hydrogen) atoms. The van der Waals surface area contributed by atoms with Crippen molar-refractivity contribution < 1.29 is 24.2 Å². The Hall–Kier alpha value is -2.25. The van der Waals surface area contributed by atoms with Gasteiger partial charge in [-0.1, -0.05) is 12.5 Å². The minimum Gasteiger partial charge on any atom is -0.464 e. The van der Waals surface area contributed by atoms with Crippen LogP contribution >= 0.6 is 0 Å². The van der Waals surface area contributed by atoms with E-state index in [-0.39, 0.29) is 23.7 Å². The highest BCUT2D eigenvalue weighted by Gasteiger charge is 2.56. The van der Waals surface area contributed by atoms with Crippen molar-refractivity contribution >= 4 is 17.7 Å². The van der Waals surface area contributed by atoms with Crippen LogP contribution in [-0.4, -0.2) is 59.5 Å². The minimum absolute atomic E-state index is 0.0555. The number of rotatable bonds is 7. The molecule has 1 saturated carbocycles. The van der Waals surface area contributed by atoms with Crippen molar-refractivity contribution in [3.63, 3.8) is 0 Å². The molecule has 4 aliphatic rings. The number of allylic oxidation sites excluding steroid dienone is 6. The second kappa shape index (κ2) is 8.60. The first kappa shape index (κ1) is 22.9. The summed E-state index contributed by atoms with van der Waals surface area (Å²) in [5.74, 6) is -0.506. The number of esters is 1. The molecule has 174 valence electrons. The van der Waals surface area contributed by atoms with Crippen LogP contribution in [0.25, 0.3) is 0 Å². The summed E-state index contributed by atoms with van der Waals surface area (Å²) in [5.41, 5.74) is 11.4. The van der Waals surface area contributed by atoms with Crippen molar-refractivity contribution in [1.29, 1.82) is 0 Å². The Labute approximate surface area is 189 Å². The van der Waals surface area contributed by atoms with Crippen LogP contribution in [0.2, 0.25) is 0 Å². The number of aliphatic hydroxyl groups is 1. The molecular formula is C25H34N2O5. The Morgan fingerprint density at radius 3 is 2.72 bits per heavy atom. The maximum Gasteiger partial charge on any atom is 0.328 e. The maximum atomic E-state index is 13.0. The van der Waals surface area contributed by atoms with E-state index in [1.807, 2.05) is 6.08 Å². The molecule has 1 saturated heterocycles. The van der Waals surface area contributed by atoms with Crippen LogP contribution in [0.3, 0.4) is 0 Å². The summed E-state index contributed by atoms with van der Waals surface area (Å²) in [6.45, 7) is 6.57. The summed E-state index contributed by atoms with van der Waals surface area (Å²) < 4.78 is 5.51. The van der Waals surface area contributed by atoms with Crippen molar-refractivity contribution in [2.45, 2.75) is 71.4 Å². The second-order valence-electron chi connectivity index (χ2n) is 9.71. The summed E-state index contributed by atoms with van der Waals surface area (Å²) in [7, 11) is 0. The van der Waals surface area contributed by atoms with Crippen molar-refractivity contribution in [2.75, 3.05) is 19.8 Å². The van der Waals surface area contributed by atoms with Crippen LogP contribution < -0.4 is 5.73 Å². The van der Waals surface area contributed by atoms with Gasteiger partial charge in [0.05, 0.1) is 13.2 Å². The Balaban J connectivity index is 1.35. The molecule has 0 bridgehead atoms. The Morgan fingerprint density at radius 1 is 1.34 bits per heavy atom. The molecule has 1 aliphatic heterocycles. The number of nitrogens with two attached hydrogens (primary N) is 1. The molecule has 1 unspecified atom stereocenters. The van der Waals surface area contributed by atoms with E-state index in [1.165, 1.54) is 16.0 Å². The van der Waals surface area contributed by atoms with Crippen molar-refractivity contribution in [3.05, 3.63) is 33.9 Å². The van der Waals surface area contributed by atoms with Gasteiger partial charge < -0.3 is 20.5 Å². The number of ether oxygens (including phenoxy) is 1. The van der Waals surface area contributed by atoms with Gasteiger partial charge in [0.25, 0.3) is 0 Å². The van der Waals surface area contributed by atoms with E-state index >= 15 is 0 Å². The van der Waals surface area contributed by atoms with Gasteiger partial charge in [-0.25, -0.2) is 4.79 Å². The Kier molecular flexibility index (Phi) is 6.16. The number of carbonyl (C=O) groups is 3. The molecule has 1 spiro atoms.